The maximum Gasteiger partial charge on any atom is 0.264 e. The number of carbonyl (C=O) groups is 1. The number of rotatable bonds is 8. The average Bonchev–Trinajstić information content (AvgIpc) is 2.98. The van der Waals surface area contributed by atoms with Gasteiger partial charge in [0.25, 0.3) is 10.0 Å². The smallest absolute Gasteiger partial charge is 0.264 e. The van der Waals surface area contributed by atoms with Crippen LogP contribution < -0.4 is 4.31 Å². The molecule has 4 aromatic rings. The Morgan fingerprint density at radius 3 is 1.90 bits per heavy atom. The molecule has 41 heavy (non-hydrogen) atoms. The van der Waals surface area contributed by atoms with Crippen molar-refractivity contribution in [3.63, 3.8) is 0 Å². The Kier molecular flexibility index (Phi) is 8.78. The van der Waals surface area contributed by atoms with Crippen LogP contribution in [0.15, 0.2) is 108 Å². The van der Waals surface area contributed by atoms with E-state index in [0.29, 0.717) is 42.5 Å². The number of piperazine rings is 1. The van der Waals surface area contributed by atoms with Crippen LogP contribution in [0.4, 0.5) is 5.69 Å². The normalized spacial score (nSPS) is 14.3. The lowest BCUT2D eigenvalue weighted by molar-refractivity contribution is -0.131. The van der Waals surface area contributed by atoms with Crippen molar-refractivity contribution >= 4 is 33.2 Å². The minimum absolute atomic E-state index is 0.0739. The summed E-state index contributed by atoms with van der Waals surface area (Å²) in [6.07, 6.45) is 0. The van der Waals surface area contributed by atoms with Gasteiger partial charge in [-0.3, -0.25) is 14.0 Å². The molecule has 0 radical (unpaired) electrons. The highest BCUT2D eigenvalue weighted by atomic mass is 35.5. The summed E-state index contributed by atoms with van der Waals surface area (Å²) in [5, 5.41) is 0.507. The fraction of sp³-hybridized carbons (Fsp3) is 0.242. The van der Waals surface area contributed by atoms with E-state index in [4.69, 9.17) is 11.6 Å². The fourth-order valence-corrected chi connectivity index (χ4v) is 7.08. The number of nitrogens with zero attached hydrogens (tertiary/aromatic N) is 3. The van der Waals surface area contributed by atoms with E-state index in [1.165, 1.54) is 15.4 Å². The molecular weight excluding hydrogens is 554 g/mol. The summed E-state index contributed by atoms with van der Waals surface area (Å²) in [5.74, 6) is -0.231. The molecule has 0 spiro atoms. The number of hydrogen-bond donors (Lipinski definition) is 0. The molecule has 0 aromatic heterocycles. The van der Waals surface area contributed by atoms with E-state index in [1.54, 1.807) is 54.3 Å². The summed E-state index contributed by atoms with van der Waals surface area (Å²) in [6.45, 7) is 5.77. The maximum absolute atomic E-state index is 13.9. The van der Waals surface area contributed by atoms with Crippen molar-refractivity contribution in [3.05, 3.63) is 130 Å². The van der Waals surface area contributed by atoms with Gasteiger partial charge in [-0.05, 0) is 60.9 Å². The zero-order valence-electron chi connectivity index (χ0n) is 23.3. The van der Waals surface area contributed by atoms with Crippen molar-refractivity contribution < 1.29 is 13.2 Å². The van der Waals surface area contributed by atoms with Crippen LogP contribution in [-0.2, 0) is 14.8 Å². The number of halogens is 1. The Morgan fingerprint density at radius 1 is 0.805 bits per heavy atom. The Bertz CT molecular complexity index is 1550. The Labute approximate surface area is 247 Å². The van der Waals surface area contributed by atoms with E-state index in [0.717, 1.165) is 5.56 Å². The van der Waals surface area contributed by atoms with Crippen LogP contribution >= 0.6 is 11.6 Å². The molecule has 0 bridgehead atoms. The van der Waals surface area contributed by atoms with Crippen LogP contribution in [0.25, 0.3) is 0 Å². The third-order valence-electron chi connectivity index (χ3n) is 7.58. The van der Waals surface area contributed by atoms with E-state index >= 15 is 0 Å². The second kappa shape index (κ2) is 12.5. The monoisotopic (exact) mass is 587 g/mol. The first-order valence-corrected chi connectivity index (χ1v) is 15.5. The van der Waals surface area contributed by atoms with E-state index in [-0.39, 0.29) is 23.4 Å². The Hall–Kier alpha value is -3.65. The molecule has 212 valence electrons. The van der Waals surface area contributed by atoms with Crippen molar-refractivity contribution in [2.24, 2.45) is 0 Å². The summed E-state index contributed by atoms with van der Waals surface area (Å²) in [6, 6.07) is 32.6. The highest BCUT2D eigenvalue weighted by Gasteiger charge is 2.32. The largest absolute Gasteiger partial charge is 0.339 e. The van der Waals surface area contributed by atoms with Crippen LogP contribution in [0.1, 0.15) is 28.3 Å². The minimum Gasteiger partial charge on any atom is -0.339 e. The van der Waals surface area contributed by atoms with Crippen LogP contribution in [0.5, 0.6) is 0 Å². The molecule has 4 aromatic carbocycles. The predicted octanol–water partition coefficient (Wildman–Crippen LogP) is 6.09. The molecule has 0 atom stereocenters. The highest BCUT2D eigenvalue weighted by Crippen LogP contribution is 2.31. The quantitative estimate of drug-likeness (QED) is 0.250. The molecule has 0 unspecified atom stereocenters. The number of anilines is 1. The standard InChI is InChI=1S/C33H34ClN3O3S/c1-25-13-16-30(17-14-25)41(39,40)37(31-18-15-29(34)23-26(31)2)24-32(38)35-19-21-36(22-20-35)33(27-9-5-3-6-10-27)28-11-7-4-8-12-28/h3-18,23,33H,19-22,24H2,1-2H3. The summed E-state index contributed by atoms with van der Waals surface area (Å²) >= 11 is 6.18. The zero-order valence-corrected chi connectivity index (χ0v) is 24.9. The first kappa shape index (κ1) is 28.9. The molecule has 1 heterocycles. The summed E-state index contributed by atoms with van der Waals surface area (Å²) in [5.41, 5.74) is 4.48. The highest BCUT2D eigenvalue weighted by molar-refractivity contribution is 7.92. The predicted molar refractivity (Wildman–Crippen MR) is 165 cm³/mol. The topological polar surface area (TPSA) is 60.9 Å². The molecule has 5 rings (SSSR count). The average molecular weight is 588 g/mol. The minimum atomic E-state index is -4.00. The second-order valence-electron chi connectivity index (χ2n) is 10.4. The lowest BCUT2D eigenvalue weighted by Gasteiger charge is -2.40. The van der Waals surface area contributed by atoms with Gasteiger partial charge in [0.1, 0.15) is 6.54 Å². The van der Waals surface area contributed by atoms with Gasteiger partial charge in [0.05, 0.1) is 16.6 Å². The Morgan fingerprint density at radius 2 is 1.37 bits per heavy atom. The van der Waals surface area contributed by atoms with Crippen LogP contribution in [0.3, 0.4) is 0 Å². The van der Waals surface area contributed by atoms with Gasteiger partial charge in [0.15, 0.2) is 0 Å². The number of benzene rings is 4. The third-order valence-corrected chi connectivity index (χ3v) is 9.59. The molecule has 1 fully saturated rings. The van der Waals surface area contributed by atoms with Gasteiger partial charge in [-0.15, -0.1) is 0 Å². The first-order valence-electron chi connectivity index (χ1n) is 13.7. The first-order chi connectivity index (χ1) is 19.7. The molecule has 0 saturated carbocycles. The van der Waals surface area contributed by atoms with E-state index < -0.39 is 10.0 Å². The molecule has 1 saturated heterocycles. The molecule has 1 amide bonds. The molecule has 0 N–H and O–H groups in total. The number of sulfonamides is 1. The van der Waals surface area contributed by atoms with Crippen LogP contribution in [0, 0.1) is 13.8 Å². The summed E-state index contributed by atoms with van der Waals surface area (Å²) in [7, 11) is -4.00. The van der Waals surface area contributed by atoms with Crippen molar-refractivity contribution in [1.82, 2.24) is 9.80 Å². The summed E-state index contributed by atoms with van der Waals surface area (Å²) in [4.78, 5) is 18.0. The second-order valence-corrected chi connectivity index (χ2v) is 12.7. The van der Waals surface area contributed by atoms with Gasteiger partial charge in [-0.1, -0.05) is 90.0 Å². The Balaban J connectivity index is 1.37. The van der Waals surface area contributed by atoms with Gasteiger partial charge in [-0.2, -0.15) is 0 Å². The van der Waals surface area contributed by atoms with E-state index in [2.05, 4.69) is 29.2 Å². The maximum atomic E-state index is 13.9. The van der Waals surface area contributed by atoms with Crippen LogP contribution in [0.2, 0.25) is 5.02 Å². The number of hydrogen-bond acceptors (Lipinski definition) is 4. The van der Waals surface area contributed by atoms with Crippen LogP contribution in [-0.4, -0.2) is 56.8 Å². The van der Waals surface area contributed by atoms with Crippen molar-refractivity contribution in [3.8, 4) is 0 Å². The van der Waals surface area contributed by atoms with Gasteiger partial charge < -0.3 is 4.90 Å². The zero-order chi connectivity index (χ0) is 29.0. The van der Waals surface area contributed by atoms with E-state index in [9.17, 15) is 13.2 Å². The lowest BCUT2D eigenvalue weighted by atomic mass is 9.96. The van der Waals surface area contributed by atoms with Crippen molar-refractivity contribution in [2.45, 2.75) is 24.8 Å². The molecular formula is C33H34ClN3O3S. The lowest BCUT2D eigenvalue weighted by Crippen LogP contribution is -2.52. The molecule has 1 aliphatic rings. The van der Waals surface area contributed by atoms with Gasteiger partial charge in [0.2, 0.25) is 5.91 Å². The molecule has 1 aliphatic heterocycles. The number of carbonyl (C=O) groups excluding carboxylic acids is 1. The van der Waals surface area contributed by atoms with Gasteiger partial charge >= 0.3 is 0 Å². The SMILES string of the molecule is Cc1ccc(S(=O)(=O)N(CC(=O)N2CCN(C(c3ccccc3)c3ccccc3)CC2)c2ccc(Cl)cc2C)cc1. The number of amides is 1. The third kappa shape index (κ3) is 6.48. The molecule has 0 aliphatic carbocycles. The summed E-state index contributed by atoms with van der Waals surface area (Å²) < 4.78 is 29.0. The number of aryl methyl sites for hydroxylation is 2. The van der Waals surface area contributed by atoms with Gasteiger partial charge in [0, 0.05) is 31.2 Å². The van der Waals surface area contributed by atoms with Gasteiger partial charge in [-0.25, -0.2) is 8.42 Å². The van der Waals surface area contributed by atoms with Crippen molar-refractivity contribution in [1.29, 1.82) is 0 Å². The fourth-order valence-electron chi connectivity index (χ4n) is 5.37. The molecule has 8 heteroatoms. The molecule has 6 nitrogen and oxygen atoms in total. The van der Waals surface area contributed by atoms with Crippen molar-refractivity contribution in [2.75, 3.05) is 37.0 Å². The van der Waals surface area contributed by atoms with E-state index in [1.807, 2.05) is 43.3 Å².